The van der Waals surface area contributed by atoms with Gasteiger partial charge >= 0.3 is 0 Å². The number of hydrogen-bond donors (Lipinski definition) is 2. The topological polar surface area (TPSA) is 70.7 Å². The van der Waals surface area contributed by atoms with E-state index in [1.165, 1.54) is 0 Å². The minimum atomic E-state index is -1.35. The van der Waals surface area contributed by atoms with Gasteiger partial charge in [-0.3, -0.25) is 4.79 Å². The summed E-state index contributed by atoms with van der Waals surface area (Å²) in [6.45, 7) is 2.36. The van der Waals surface area contributed by atoms with E-state index in [-0.39, 0.29) is 12.5 Å². The van der Waals surface area contributed by atoms with Crippen LogP contribution in [-0.2, 0) is 0 Å². The van der Waals surface area contributed by atoms with E-state index in [1.54, 1.807) is 17.0 Å². The molecule has 2 atom stereocenters. The molecule has 0 bridgehead atoms. The predicted octanol–water partition coefficient (Wildman–Crippen LogP) is 2.71. The van der Waals surface area contributed by atoms with E-state index >= 15 is 4.39 Å². The molecule has 0 aromatic heterocycles. The number of amides is 1. The number of hydrogen-bond acceptors (Lipinski definition) is 4. The van der Waals surface area contributed by atoms with Gasteiger partial charge in [0.2, 0.25) is 0 Å². The Bertz CT molecular complexity index is 880. The van der Waals surface area contributed by atoms with Gasteiger partial charge in [0.15, 0.2) is 11.8 Å². The highest BCUT2D eigenvalue weighted by Gasteiger charge is 2.47. The first-order valence-electron chi connectivity index (χ1n) is 8.71. The minimum absolute atomic E-state index is 0.0152. The molecule has 1 amide bonds. The summed E-state index contributed by atoms with van der Waals surface area (Å²) in [6, 6.07) is 14.8. The molecule has 1 saturated heterocycles. The number of nitrogens with one attached hydrogen (secondary N) is 1. The van der Waals surface area contributed by atoms with Crippen LogP contribution in [0.5, 0.6) is 0 Å². The quantitative estimate of drug-likeness (QED) is 0.829. The smallest absolute Gasteiger partial charge is 0.253 e. The monoisotopic (exact) mass is 352 g/mol. The van der Waals surface area contributed by atoms with Crippen LogP contribution < -0.4 is 11.1 Å². The van der Waals surface area contributed by atoms with E-state index in [2.05, 4.69) is 10.3 Å². The molecule has 2 aromatic carbocycles. The zero-order chi connectivity index (χ0) is 18.3. The Labute approximate surface area is 151 Å². The standard InChI is InChI=1S/C20H21FN4O/c1-13-6-8-14(9-7-13)19(26)25-11-10-20(17(21)12-25)23-16-5-3-2-4-15(16)18(22)24-20/h2-9,17,23H,10-12H2,1H3,(H2,22,24)/t17-,20+/m0/s1. The number of nitrogens with zero attached hydrogens (tertiary/aromatic N) is 2. The van der Waals surface area contributed by atoms with Gasteiger partial charge in [0.05, 0.1) is 6.54 Å². The van der Waals surface area contributed by atoms with Crippen molar-refractivity contribution in [1.29, 1.82) is 0 Å². The molecule has 1 fully saturated rings. The molecule has 2 aromatic rings. The van der Waals surface area contributed by atoms with Crippen LogP contribution in [0.4, 0.5) is 10.1 Å². The first-order chi connectivity index (χ1) is 12.5. The Balaban J connectivity index is 1.55. The highest BCUT2D eigenvalue weighted by atomic mass is 19.1. The second-order valence-electron chi connectivity index (χ2n) is 6.93. The number of rotatable bonds is 1. The maximum absolute atomic E-state index is 15.2. The molecule has 26 heavy (non-hydrogen) atoms. The minimum Gasteiger partial charge on any atom is -0.383 e. The van der Waals surface area contributed by atoms with Gasteiger partial charge in [-0.2, -0.15) is 0 Å². The Kier molecular flexibility index (Phi) is 3.90. The molecule has 0 saturated carbocycles. The highest BCUT2D eigenvalue weighted by Crippen LogP contribution is 2.36. The van der Waals surface area contributed by atoms with Crippen molar-refractivity contribution in [1.82, 2.24) is 4.90 Å². The molecule has 0 radical (unpaired) electrons. The van der Waals surface area contributed by atoms with Gasteiger partial charge in [-0.1, -0.05) is 29.8 Å². The molecular formula is C20H21FN4O. The number of alkyl halides is 1. The molecule has 2 heterocycles. The highest BCUT2D eigenvalue weighted by molar-refractivity contribution is 6.04. The number of aliphatic imine (C=N–C) groups is 1. The fourth-order valence-electron chi connectivity index (χ4n) is 3.58. The molecule has 0 aliphatic carbocycles. The van der Waals surface area contributed by atoms with Crippen LogP contribution in [0.15, 0.2) is 53.5 Å². The molecule has 2 aliphatic rings. The SMILES string of the molecule is Cc1ccc(C(=O)N2CC[C@@]3(N=C(N)c4ccccc4N3)[C@@H](F)C2)cc1. The van der Waals surface area contributed by atoms with Crippen molar-refractivity contribution in [3.05, 3.63) is 65.2 Å². The lowest BCUT2D eigenvalue weighted by Crippen LogP contribution is -2.59. The first kappa shape index (κ1) is 16.6. The average molecular weight is 352 g/mol. The number of benzene rings is 2. The van der Waals surface area contributed by atoms with Gasteiger partial charge < -0.3 is 16.0 Å². The summed E-state index contributed by atoms with van der Waals surface area (Å²) < 4.78 is 15.2. The van der Waals surface area contributed by atoms with Crippen LogP contribution in [0.3, 0.4) is 0 Å². The fourth-order valence-corrected chi connectivity index (χ4v) is 3.58. The van der Waals surface area contributed by atoms with Gasteiger partial charge in [0.25, 0.3) is 5.91 Å². The molecule has 134 valence electrons. The molecule has 6 heteroatoms. The van der Waals surface area contributed by atoms with Crippen molar-refractivity contribution in [2.24, 2.45) is 10.7 Å². The summed E-state index contributed by atoms with van der Waals surface area (Å²) in [4.78, 5) is 18.7. The molecule has 0 unspecified atom stereocenters. The zero-order valence-corrected chi connectivity index (χ0v) is 14.6. The van der Waals surface area contributed by atoms with Crippen LogP contribution in [0.25, 0.3) is 0 Å². The van der Waals surface area contributed by atoms with E-state index in [9.17, 15) is 4.79 Å². The Morgan fingerprint density at radius 3 is 2.73 bits per heavy atom. The first-order valence-corrected chi connectivity index (χ1v) is 8.71. The lowest BCUT2D eigenvalue weighted by atomic mass is 9.91. The van der Waals surface area contributed by atoms with Crippen LogP contribution in [0.1, 0.15) is 27.9 Å². The summed E-state index contributed by atoms with van der Waals surface area (Å²) in [5, 5.41) is 3.22. The van der Waals surface area contributed by atoms with Crippen molar-refractivity contribution in [3.63, 3.8) is 0 Å². The van der Waals surface area contributed by atoms with E-state index in [1.807, 2.05) is 43.3 Å². The molecule has 4 rings (SSSR count). The van der Waals surface area contributed by atoms with Crippen LogP contribution >= 0.6 is 0 Å². The van der Waals surface area contributed by atoms with Crippen molar-refractivity contribution >= 4 is 17.4 Å². The number of amidine groups is 1. The Morgan fingerprint density at radius 2 is 2.00 bits per heavy atom. The van der Waals surface area contributed by atoms with Crippen molar-refractivity contribution in [3.8, 4) is 0 Å². The number of anilines is 1. The number of halogens is 1. The third-order valence-corrected chi connectivity index (χ3v) is 5.12. The van der Waals surface area contributed by atoms with Crippen molar-refractivity contribution < 1.29 is 9.18 Å². The van der Waals surface area contributed by atoms with E-state index in [0.717, 1.165) is 16.8 Å². The number of aryl methyl sites for hydroxylation is 1. The summed E-state index contributed by atoms with van der Waals surface area (Å²) in [6.07, 6.45) is -0.988. The lowest BCUT2D eigenvalue weighted by molar-refractivity contribution is 0.0494. The Hall–Kier alpha value is -2.89. The van der Waals surface area contributed by atoms with E-state index < -0.39 is 11.8 Å². The van der Waals surface area contributed by atoms with Gasteiger partial charge in [0, 0.05) is 29.8 Å². The number of nitrogens with two attached hydrogens (primary N) is 1. The summed E-state index contributed by atoms with van der Waals surface area (Å²) in [7, 11) is 0. The summed E-state index contributed by atoms with van der Waals surface area (Å²) in [5.41, 5.74) is 8.18. The normalized spacial score (nSPS) is 24.6. The fraction of sp³-hybridized carbons (Fsp3) is 0.300. The molecule has 2 aliphatic heterocycles. The Morgan fingerprint density at radius 1 is 1.27 bits per heavy atom. The maximum Gasteiger partial charge on any atom is 0.253 e. The van der Waals surface area contributed by atoms with Crippen molar-refractivity contribution in [2.45, 2.75) is 25.2 Å². The second kappa shape index (κ2) is 6.12. The van der Waals surface area contributed by atoms with Gasteiger partial charge in [-0.15, -0.1) is 0 Å². The number of likely N-dealkylation sites (tertiary alicyclic amines) is 1. The van der Waals surface area contributed by atoms with Crippen molar-refractivity contribution in [2.75, 3.05) is 18.4 Å². The number of carbonyl (C=O) groups is 1. The van der Waals surface area contributed by atoms with Crippen LogP contribution in [0.2, 0.25) is 0 Å². The van der Waals surface area contributed by atoms with Crippen LogP contribution in [-0.4, -0.2) is 41.6 Å². The molecule has 5 nitrogen and oxygen atoms in total. The summed E-state index contributed by atoms with van der Waals surface area (Å²) >= 11 is 0. The van der Waals surface area contributed by atoms with E-state index in [4.69, 9.17) is 5.73 Å². The van der Waals surface area contributed by atoms with Gasteiger partial charge in [0.1, 0.15) is 5.84 Å². The second-order valence-corrected chi connectivity index (χ2v) is 6.93. The molecule has 3 N–H and O–H groups in total. The third-order valence-electron chi connectivity index (χ3n) is 5.12. The number of piperidine rings is 1. The van der Waals surface area contributed by atoms with Gasteiger partial charge in [-0.05, 0) is 31.2 Å². The zero-order valence-electron chi connectivity index (χ0n) is 14.6. The average Bonchev–Trinajstić information content (AvgIpc) is 2.64. The number of fused-ring (bicyclic) bond motifs is 1. The van der Waals surface area contributed by atoms with E-state index in [0.29, 0.717) is 24.4 Å². The predicted molar refractivity (Wildman–Crippen MR) is 100 cm³/mol. The molecule has 1 spiro atoms. The largest absolute Gasteiger partial charge is 0.383 e. The number of carbonyl (C=O) groups excluding carboxylic acids is 1. The number of para-hydroxylation sites is 1. The molecular weight excluding hydrogens is 331 g/mol. The summed E-state index contributed by atoms with van der Waals surface area (Å²) in [5.74, 6) is 0.177. The van der Waals surface area contributed by atoms with Crippen LogP contribution in [0, 0.1) is 6.92 Å². The maximum atomic E-state index is 15.2. The third kappa shape index (κ3) is 2.71. The lowest BCUT2D eigenvalue weighted by Gasteiger charge is -2.44. The van der Waals surface area contributed by atoms with Gasteiger partial charge in [-0.25, -0.2) is 9.38 Å².